The maximum atomic E-state index is 14.2. The standard InChI is InChI=1S/C40H71NO14.C12H26O4S.C11H11NO2/c1-15-27-40(11,48)33(44)22(5)30(43)20(3)18-38(9,47)35(55-37-32(53-28(42)16-2)26(41(12)13)17-21(4)50-37)23(6)31(24(7)36(46)52-27)54-29-19-39(10,49-14)34(45)25(8)51-29;1-2-3-4-5-6-7-8-9-10-11-12-16-17(13,14)15;1-7-6-10(13)12-11-8(7)4-3-5-9(11)14-2/h20-27,29,31-35,37,44-45,47-48H,15-19H2,1-14H3;2-12H2,1H3,(H,13,14,15);3-6H,1-2H3,(H,12,13). The first-order valence-electron chi connectivity index (χ1n) is 31.0. The number of para-hydroxylation sites is 1. The molecule has 3 aliphatic rings. The lowest BCUT2D eigenvalue weighted by atomic mass is 9.74. The van der Waals surface area contributed by atoms with E-state index in [9.17, 15) is 48.0 Å². The molecule has 6 N–H and O–H groups in total. The Morgan fingerprint density at radius 3 is 1.97 bits per heavy atom. The highest BCUT2D eigenvalue weighted by molar-refractivity contribution is 7.80. The molecule has 0 saturated carbocycles. The molecule has 23 heteroatoms. The van der Waals surface area contributed by atoms with E-state index in [1.165, 1.54) is 72.8 Å². The molecule has 3 fully saturated rings. The molecule has 0 radical (unpaired) electrons. The number of hydrogen-bond donors (Lipinski definition) is 6. The Labute approximate surface area is 511 Å². The van der Waals surface area contributed by atoms with Gasteiger partial charge in [0.1, 0.15) is 29.3 Å². The van der Waals surface area contributed by atoms with Crippen LogP contribution in [-0.2, 0) is 62.1 Å². The highest BCUT2D eigenvalue weighted by Crippen LogP contribution is 2.41. The van der Waals surface area contributed by atoms with Crippen LogP contribution in [0.15, 0.2) is 29.1 Å². The number of aromatic amines is 1. The number of aliphatic hydroxyl groups is 4. The van der Waals surface area contributed by atoms with Gasteiger partial charge in [0.2, 0.25) is 5.56 Å². The van der Waals surface area contributed by atoms with E-state index in [2.05, 4.69) is 16.1 Å². The molecule has 1 aromatic heterocycles. The number of rotatable bonds is 22. The Balaban J connectivity index is 0.000000501. The van der Waals surface area contributed by atoms with E-state index in [4.69, 9.17) is 42.4 Å². The van der Waals surface area contributed by atoms with Gasteiger partial charge in [-0.2, -0.15) is 8.42 Å². The number of methoxy groups -OCH3 is 2. The fraction of sp³-hybridized carbons (Fsp3) is 0.810. The van der Waals surface area contributed by atoms with Gasteiger partial charge >= 0.3 is 22.3 Å². The van der Waals surface area contributed by atoms with Gasteiger partial charge in [-0.15, -0.1) is 0 Å². The number of carbonyl (C=O) groups is 3. The first kappa shape index (κ1) is 76.6. The minimum absolute atomic E-state index is 0.0760. The lowest BCUT2D eigenvalue weighted by molar-refractivity contribution is -0.319. The second-order valence-electron chi connectivity index (χ2n) is 24.9. The smallest absolute Gasteiger partial charge is 0.397 e. The summed E-state index contributed by atoms with van der Waals surface area (Å²) in [6, 6.07) is 6.97. The summed E-state index contributed by atoms with van der Waals surface area (Å²) in [4.78, 5) is 56.9. The van der Waals surface area contributed by atoms with Crippen molar-refractivity contribution in [3.8, 4) is 5.75 Å². The molecular weight excluding hydrogens is 1140 g/mol. The first-order chi connectivity index (χ1) is 40.1. The zero-order valence-electron chi connectivity index (χ0n) is 54.5. The highest BCUT2D eigenvalue weighted by atomic mass is 32.3. The Kier molecular flexibility index (Phi) is 31.2. The van der Waals surface area contributed by atoms with Gasteiger partial charge in [0, 0.05) is 49.2 Å². The summed E-state index contributed by atoms with van der Waals surface area (Å²) in [6.45, 7) is 22.2. The zero-order valence-corrected chi connectivity index (χ0v) is 55.3. The van der Waals surface area contributed by atoms with E-state index in [0.29, 0.717) is 18.6 Å². The van der Waals surface area contributed by atoms with Crippen molar-refractivity contribution in [2.24, 2.45) is 23.7 Å². The minimum atomic E-state index is -4.23. The number of hydrogen-bond acceptors (Lipinski definition) is 20. The third-order valence-electron chi connectivity index (χ3n) is 17.3. The molecule has 1 aromatic carbocycles. The average molecular weight is 1250 g/mol. The second-order valence-corrected chi connectivity index (χ2v) is 26.0. The van der Waals surface area contributed by atoms with Crippen molar-refractivity contribution < 1.29 is 89.9 Å². The number of nitrogens with one attached hydrogen (secondary N) is 1. The number of nitrogens with zero attached hydrogens (tertiary/aromatic N) is 1. The summed E-state index contributed by atoms with van der Waals surface area (Å²) in [5.74, 6) is -4.89. The molecule has 0 amide bonds. The van der Waals surface area contributed by atoms with Crippen molar-refractivity contribution in [2.45, 2.75) is 271 Å². The van der Waals surface area contributed by atoms with Crippen molar-refractivity contribution >= 4 is 39.0 Å². The molecule has 18 unspecified atom stereocenters. The fourth-order valence-electron chi connectivity index (χ4n) is 12.1. The number of pyridine rings is 1. The molecule has 18 atom stereocenters. The number of carbonyl (C=O) groups excluding carboxylic acids is 3. The molecule has 0 spiro atoms. The molecule has 4 heterocycles. The summed E-state index contributed by atoms with van der Waals surface area (Å²) < 4.78 is 81.8. The first-order valence-corrected chi connectivity index (χ1v) is 32.4. The summed E-state index contributed by atoms with van der Waals surface area (Å²) in [7, 11) is 2.57. The van der Waals surface area contributed by atoms with E-state index in [0.717, 1.165) is 29.3 Å². The predicted molar refractivity (Wildman–Crippen MR) is 326 cm³/mol. The van der Waals surface area contributed by atoms with Gasteiger partial charge in [0.15, 0.2) is 18.7 Å². The van der Waals surface area contributed by atoms with Gasteiger partial charge in [0.05, 0.1) is 72.9 Å². The number of aliphatic hydroxyl groups excluding tert-OH is 2. The number of fused-ring (bicyclic) bond motifs is 1. The van der Waals surface area contributed by atoms with E-state index < -0.39 is 124 Å². The maximum Gasteiger partial charge on any atom is 0.397 e. The van der Waals surface area contributed by atoms with Crippen LogP contribution < -0.4 is 10.3 Å². The van der Waals surface area contributed by atoms with E-state index in [1.807, 2.05) is 51.0 Å². The van der Waals surface area contributed by atoms with Crippen LogP contribution in [0.1, 0.15) is 185 Å². The number of unbranched alkanes of at least 4 members (excludes halogenated alkanes) is 9. The van der Waals surface area contributed by atoms with Crippen molar-refractivity contribution in [1.82, 2.24) is 9.88 Å². The summed E-state index contributed by atoms with van der Waals surface area (Å²) in [6.07, 6.45) is 2.17. The van der Waals surface area contributed by atoms with E-state index >= 15 is 0 Å². The SMILES string of the molecule is CCC(=O)OC1C(OC2C(C)C(OC3CC(C)(OC)C(O)C(C)O3)C(C)C(=O)OC(CC)C(C)(O)C(O)C(C)C(=O)C(C)CC2(C)O)OC(C)CC1N(C)C.CCCCCCCCCCCCOS(=O)(=O)O.COc1cccc2c(C)cc(=O)[nH]c12. The van der Waals surface area contributed by atoms with Gasteiger partial charge in [-0.05, 0) is 99.9 Å². The lowest BCUT2D eigenvalue weighted by Gasteiger charge is -2.49. The van der Waals surface area contributed by atoms with E-state index in [-0.39, 0.29) is 50.0 Å². The van der Waals surface area contributed by atoms with Crippen LogP contribution in [0.2, 0.25) is 0 Å². The molecule has 5 rings (SSSR count). The van der Waals surface area contributed by atoms with Crippen molar-refractivity contribution in [1.29, 1.82) is 0 Å². The third-order valence-corrected chi connectivity index (χ3v) is 17.8. The average Bonchev–Trinajstić information content (AvgIpc) is 1.39. The normalized spacial score (nSPS) is 34.0. The molecular formula is C63H108N2O20S. The Morgan fingerprint density at radius 2 is 1.42 bits per heavy atom. The van der Waals surface area contributed by atoms with Crippen LogP contribution in [0.3, 0.4) is 0 Å². The molecule has 3 saturated heterocycles. The predicted octanol–water partition coefficient (Wildman–Crippen LogP) is 8.32. The highest BCUT2D eigenvalue weighted by Gasteiger charge is 2.54. The van der Waals surface area contributed by atoms with Crippen LogP contribution in [-0.4, -0.2) is 180 Å². The molecule has 0 bridgehead atoms. The van der Waals surface area contributed by atoms with Crippen LogP contribution in [0.4, 0.5) is 0 Å². The third kappa shape index (κ3) is 22.1. The fourth-order valence-corrected chi connectivity index (χ4v) is 12.4. The number of ketones is 1. The number of aryl methyl sites for hydroxylation is 1. The van der Waals surface area contributed by atoms with Crippen LogP contribution in [0, 0.1) is 30.6 Å². The van der Waals surface area contributed by atoms with Gasteiger partial charge < -0.3 is 68.2 Å². The molecule has 22 nitrogen and oxygen atoms in total. The minimum Gasteiger partial charge on any atom is -0.495 e. The van der Waals surface area contributed by atoms with Gasteiger partial charge in [0.25, 0.3) is 0 Å². The van der Waals surface area contributed by atoms with Gasteiger partial charge in [-0.3, -0.25) is 23.7 Å². The summed E-state index contributed by atoms with van der Waals surface area (Å²) >= 11 is 0. The van der Waals surface area contributed by atoms with Gasteiger partial charge in [-0.1, -0.05) is 111 Å². The van der Waals surface area contributed by atoms with Crippen LogP contribution in [0.5, 0.6) is 5.75 Å². The Hall–Kier alpha value is -3.69. The number of benzene rings is 1. The lowest BCUT2D eigenvalue weighted by Crippen LogP contribution is -2.61. The van der Waals surface area contributed by atoms with Crippen molar-refractivity contribution in [3.63, 3.8) is 0 Å². The molecule has 86 heavy (non-hydrogen) atoms. The van der Waals surface area contributed by atoms with Crippen LogP contribution >= 0.6 is 0 Å². The summed E-state index contributed by atoms with van der Waals surface area (Å²) in [5.41, 5.74) is -3.29. The number of H-pyrrole nitrogens is 1. The summed E-state index contributed by atoms with van der Waals surface area (Å²) in [5, 5.41) is 47.6. The number of esters is 2. The number of Topliss-reactive ketones (excluding diaryl/α,β-unsaturated/α-hetero) is 1. The number of cyclic esters (lactones) is 1. The molecule has 496 valence electrons. The Morgan fingerprint density at radius 1 is 0.814 bits per heavy atom. The maximum absolute atomic E-state index is 14.2. The largest absolute Gasteiger partial charge is 0.495 e. The number of aromatic nitrogens is 1. The van der Waals surface area contributed by atoms with Gasteiger partial charge in [-0.25, -0.2) is 4.18 Å². The molecule has 2 aromatic rings. The zero-order chi connectivity index (χ0) is 65.1. The number of likely N-dealkylation sites (N-methyl/N-ethyl adjacent to an activating group) is 1. The van der Waals surface area contributed by atoms with Crippen molar-refractivity contribution in [3.05, 3.63) is 40.2 Å². The van der Waals surface area contributed by atoms with E-state index in [1.54, 1.807) is 61.6 Å². The second kappa shape index (κ2) is 35.1. The van der Waals surface area contributed by atoms with Crippen LogP contribution in [0.25, 0.3) is 10.9 Å². The molecule has 3 aliphatic heterocycles. The Bertz CT molecular complexity index is 2560. The quantitative estimate of drug-likeness (QED) is 0.0367. The topological polar surface area (TPSA) is 306 Å². The number of ether oxygens (including phenoxy) is 8. The molecule has 0 aliphatic carbocycles. The van der Waals surface area contributed by atoms with Crippen molar-refractivity contribution in [2.75, 3.05) is 34.9 Å². The monoisotopic (exact) mass is 1240 g/mol.